The number of thiol groups is 1. The highest BCUT2D eigenvalue weighted by Gasteiger charge is 2.09. The van der Waals surface area contributed by atoms with E-state index in [1.54, 1.807) is 13.2 Å². The molecule has 0 fully saturated rings. The van der Waals surface area contributed by atoms with E-state index >= 15 is 0 Å². The fourth-order valence-electron chi connectivity index (χ4n) is 1.15. The van der Waals surface area contributed by atoms with Crippen LogP contribution in [0.2, 0.25) is 0 Å². The van der Waals surface area contributed by atoms with Gasteiger partial charge in [-0.15, -0.1) is 12.6 Å². The first kappa shape index (κ1) is 10.1. The monoisotopic (exact) mass is 196 g/mol. The zero-order valence-corrected chi connectivity index (χ0v) is 8.54. The summed E-state index contributed by atoms with van der Waals surface area (Å²) in [6.07, 6.45) is 0.899. The van der Waals surface area contributed by atoms with Gasteiger partial charge in [0, 0.05) is 16.4 Å². The van der Waals surface area contributed by atoms with Crippen LogP contribution in [0.25, 0.3) is 0 Å². The van der Waals surface area contributed by atoms with Gasteiger partial charge in [-0.25, -0.2) is 0 Å². The Morgan fingerprint density at radius 3 is 2.77 bits per heavy atom. The highest BCUT2D eigenvalue weighted by molar-refractivity contribution is 7.80. The Labute approximate surface area is 83.3 Å². The number of hydrogen-bond donors (Lipinski definition) is 1. The van der Waals surface area contributed by atoms with Gasteiger partial charge in [-0.05, 0) is 12.1 Å². The van der Waals surface area contributed by atoms with Crippen molar-refractivity contribution in [2.45, 2.75) is 17.7 Å². The molecule has 13 heavy (non-hydrogen) atoms. The van der Waals surface area contributed by atoms with Gasteiger partial charge >= 0.3 is 0 Å². The molecule has 0 aliphatic rings. The van der Waals surface area contributed by atoms with Crippen LogP contribution in [0.4, 0.5) is 0 Å². The lowest BCUT2D eigenvalue weighted by Gasteiger charge is -2.10. The standard InChI is InChI=1S/C10H12O2S/c1-7(6-11)9-4-3-8(13)5-10(9)12-2/h3-7,13H,1-2H3. The molecule has 0 heterocycles. The quantitative estimate of drug-likeness (QED) is 0.593. The summed E-state index contributed by atoms with van der Waals surface area (Å²) in [4.78, 5) is 11.4. The molecule has 0 spiro atoms. The normalized spacial score (nSPS) is 12.2. The third-order valence-electron chi connectivity index (χ3n) is 1.91. The van der Waals surface area contributed by atoms with E-state index in [0.29, 0.717) is 5.75 Å². The van der Waals surface area contributed by atoms with Crippen molar-refractivity contribution < 1.29 is 9.53 Å². The molecule has 0 bridgehead atoms. The van der Waals surface area contributed by atoms with Gasteiger partial charge in [0.05, 0.1) is 7.11 Å². The van der Waals surface area contributed by atoms with E-state index in [4.69, 9.17) is 4.74 Å². The number of carbonyl (C=O) groups is 1. The van der Waals surface area contributed by atoms with Crippen LogP contribution < -0.4 is 4.74 Å². The Morgan fingerprint density at radius 2 is 2.23 bits per heavy atom. The lowest BCUT2D eigenvalue weighted by Crippen LogP contribution is -1.98. The minimum atomic E-state index is -0.135. The second-order valence-electron chi connectivity index (χ2n) is 2.85. The summed E-state index contributed by atoms with van der Waals surface area (Å²) < 4.78 is 5.14. The van der Waals surface area contributed by atoms with Crippen molar-refractivity contribution >= 4 is 18.9 Å². The number of aldehydes is 1. The van der Waals surface area contributed by atoms with E-state index in [0.717, 1.165) is 16.7 Å². The Hall–Kier alpha value is -0.960. The lowest BCUT2D eigenvalue weighted by molar-refractivity contribution is -0.108. The summed E-state index contributed by atoms with van der Waals surface area (Å²) in [5.74, 6) is 0.580. The summed E-state index contributed by atoms with van der Waals surface area (Å²) in [6, 6.07) is 5.51. The molecule has 1 unspecified atom stereocenters. The zero-order chi connectivity index (χ0) is 9.84. The molecule has 0 aliphatic heterocycles. The maximum atomic E-state index is 10.6. The first-order valence-corrected chi connectivity index (χ1v) is 4.46. The van der Waals surface area contributed by atoms with Crippen LogP contribution in [0.3, 0.4) is 0 Å². The summed E-state index contributed by atoms with van der Waals surface area (Å²) in [6.45, 7) is 1.84. The van der Waals surface area contributed by atoms with Gasteiger partial charge in [-0.1, -0.05) is 13.0 Å². The van der Waals surface area contributed by atoms with Crippen molar-refractivity contribution in [2.75, 3.05) is 7.11 Å². The molecule has 0 aliphatic carbocycles. The molecular weight excluding hydrogens is 184 g/mol. The van der Waals surface area contributed by atoms with Crippen molar-refractivity contribution in [2.24, 2.45) is 0 Å². The number of rotatable bonds is 3. The maximum Gasteiger partial charge on any atom is 0.127 e. The molecule has 0 saturated heterocycles. The molecule has 0 saturated carbocycles. The molecule has 1 rings (SSSR count). The van der Waals surface area contributed by atoms with Gasteiger partial charge < -0.3 is 9.53 Å². The van der Waals surface area contributed by atoms with Crippen LogP contribution in [0.1, 0.15) is 18.4 Å². The minimum absolute atomic E-state index is 0.135. The van der Waals surface area contributed by atoms with E-state index in [1.165, 1.54) is 0 Å². The fourth-order valence-corrected chi connectivity index (χ4v) is 1.34. The Morgan fingerprint density at radius 1 is 1.54 bits per heavy atom. The van der Waals surface area contributed by atoms with E-state index < -0.39 is 0 Å². The first-order valence-electron chi connectivity index (χ1n) is 4.01. The lowest BCUT2D eigenvalue weighted by atomic mass is 10.0. The molecule has 3 heteroatoms. The molecule has 0 aromatic heterocycles. The van der Waals surface area contributed by atoms with Gasteiger partial charge in [0.1, 0.15) is 12.0 Å². The average Bonchev–Trinajstić information content (AvgIpc) is 2.16. The largest absolute Gasteiger partial charge is 0.496 e. The number of carbonyl (C=O) groups excluding carboxylic acids is 1. The van der Waals surface area contributed by atoms with Crippen LogP contribution >= 0.6 is 12.6 Å². The van der Waals surface area contributed by atoms with Crippen molar-refractivity contribution in [3.8, 4) is 5.75 Å². The van der Waals surface area contributed by atoms with E-state index in [9.17, 15) is 4.79 Å². The van der Waals surface area contributed by atoms with Crippen LogP contribution in [0.15, 0.2) is 23.1 Å². The van der Waals surface area contributed by atoms with Gasteiger partial charge in [-0.2, -0.15) is 0 Å². The second kappa shape index (κ2) is 4.33. The molecule has 1 atom stereocenters. The molecule has 0 radical (unpaired) electrons. The van der Waals surface area contributed by atoms with Gasteiger partial charge in [-0.3, -0.25) is 0 Å². The van der Waals surface area contributed by atoms with Gasteiger partial charge in [0.2, 0.25) is 0 Å². The fraction of sp³-hybridized carbons (Fsp3) is 0.300. The zero-order valence-electron chi connectivity index (χ0n) is 7.65. The predicted octanol–water partition coefficient (Wildman–Crippen LogP) is 2.29. The number of ether oxygens (including phenoxy) is 1. The van der Waals surface area contributed by atoms with Crippen LogP contribution in [-0.2, 0) is 4.79 Å². The minimum Gasteiger partial charge on any atom is -0.496 e. The molecule has 1 aromatic carbocycles. The number of hydrogen-bond acceptors (Lipinski definition) is 3. The molecule has 2 nitrogen and oxygen atoms in total. The highest BCUT2D eigenvalue weighted by atomic mass is 32.1. The third-order valence-corrected chi connectivity index (χ3v) is 2.19. The second-order valence-corrected chi connectivity index (χ2v) is 3.37. The van der Waals surface area contributed by atoms with Crippen molar-refractivity contribution in [3.05, 3.63) is 23.8 Å². The van der Waals surface area contributed by atoms with Crippen molar-refractivity contribution in [3.63, 3.8) is 0 Å². The first-order chi connectivity index (χ1) is 6.19. The molecule has 0 amide bonds. The predicted molar refractivity (Wildman–Crippen MR) is 54.7 cm³/mol. The molecule has 0 N–H and O–H groups in total. The Balaban J connectivity index is 3.12. The smallest absolute Gasteiger partial charge is 0.127 e. The van der Waals surface area contributed by atoms with E-state index in [2.05, 4.69) is 12.6 Å². The maximum absolute atomic E-state index is 10.6. The third kappa shape index (κ3) is 2.25. The van der Waals surface area contributed by atoms with Gasteiger partial charge in [0.25, 0.3) is 0 Å². The summed E-state index contributed by atoms with van der Waals surface area (Å²) in [7, 11) is 1.59. The SMILES string of the molecule is COc1cc(S)ccc1C(C)C=O. The number of benzene rings is 1. The van der Waals surface area contributed by atoms with E-state index in [1.807, 2.05) is 19.1 Å². The van der Waals surface area contributed by atoms with Crippen molar-refractivity contribution in [1.29, 1.82) is 0 Å². The average molecular weight is 196 g/mol. The van der Waals surface area contributed by atoms with Gasteiger partial charge in [0.15, 0.2) is 0 Å². The molecule has 1 aromatic rings. The molecule has 70 valence electrons. The number of methoxy groups -OCH3 is 1. The van der Waals surface area contributed by atoms with Crippen LogP contribution in [0, 0.1) is 0 Å². The topological polar surface area (TPSA) is 26.3 Å². The van der Waals surface area contributed by atoms with Crippen molar-refractivity contribution in [1.82, 2.24) is 0 Å². The van der Waals surface area contributed by atoms with Crippen LogP contribution in [0.5, 0.6) is 5.75 Å². The van der Waals surface area contributed by atoms with E-state index in [-0.39, 0.29) is 5.92 Å². The summed E-state index contributed by atoms with van der Waals surface area (Å²) >= 11 is 4.18. The summed E-state index contributed by atoms with van der Waals surface area (Å²) in [5, 5.41) is 0. The molecular formula is C10H12O2S. The highest BCUT2D eigenvalue weighted by Crippen LogP contribution is 2.27. The Kier molecular flexibility index (Phi) is 3.37. The van der Waals surface area contributed by atoms with Crippen LogP contribution in [-0.4, -0.2) is 13.4 Å². The Bertz CT molecular complexity index is 310. The summed E-state index contributed by atoms with van der Waals surface area (Å²) in [5.41, 5.74) is 0.898.